The lowest BCUT2D eigenvalue weighted by molar-refractivity contribution is 0.0530. The first kappa shape index (κ1) is 20.4. The third-order valence-corrected chi connectivity index (χ3v) is 4.97. The zero-order valence-electron chi connectivity index (χ0n) is 15.2. The van der Waals surface area contributed by atoms with Crippen LogP contribution >= 0.6 is 11.3 Å². The van der Waals surface area contributed by atoms with Crippen molar-refractivity contribution in [3.8, 4) is 0 Å². The van der Waals surface area contributed by atoms with Crippen molar-refractivity contribution in [3.63, 3.8) is 0 Å². The number of esters is 1. The number of benzene rings is 1. The third kappa shape index (κ3) is 5.52. The van der Waals surface area contributed by atoms with E-state index in [1.165, 1.54) is 23.5 Å². The van der Waals surface area contributed by atoms with Crippen LogP contribution in [0.1, 0.15) is 56.2 Å². The van der Waals surface area contributed by atoms with Crippen molar-refractivity contribution in [2.75, 3.05) is 6.61 Å². The highest BCUT2D eigenvalue weighted by Gasteiger charge is 2.20. The van der Waals surface area contributed by atoms with E-state index in [-0.39, 0.29) is 24.8 Å². The molecular weight excluding hydrogens is 370 g/mol. The number of thiazole rings is 1. The van der Waals surface area contributed by atoms with Crippen LogP contribution in [-0.2, 0) is 11.3 Å². The summed E-state index contributed by atoms with van der Waals surface area (Å²) in [6.45, 7) is 5.77. The van der Waals surface area contributed by atoms with Gasteiger partial charge in [0.1, 0.15) is 9.88 Å². The van der Waals surface area contributed by atoms with E-state index in [9.17, 15) is 14.4 Å². The zero-order chi connectivity index (χ0) is 20.0. The summed E-state index contributed by atoms with van der Waals surface area (Å²) in [4.78, 5) is 39.5. The number of hydrogen-bond donors (Lipinski definition) is 3. The largest absolute Gasteiger partial charge is 0.478 e. The standard InChI is InChI=1S/C18H21N3O5S/c1-4-26-17(24)14-10(2)20-15(27-14)11(3)21-18(25)19-9-12-5-7-13(8-6-12)16(22)23/h5-8,11H,4,9H2,1-3H3,(H,22,23)(H2,19,21,25). The average Bonchev–Trinajstić information content (AvgIpc) is 3.02. The van der Waals surface area contributed by atoms with Crippen LogP contribution in [0.3, 0.4) is 0 Å². The van der Waals surface area contributed by atoms with Gasteiger partial charge >= 0.3 is 18.0 Å². The van der Waals surface area contributed by atoms with Gasteiger partial charge in [0.05, 0.1) is 23.9 Å². The number of nitrogens with zero attached hydrogens (tertiary/aromatic N) is 1. The van der Waals surface area contributed by atoms with E-state index in [1.807, 2.05) is 0 Å². The molecule has 1 unspecified atom stereocenters. The van der Waals surface area contributed by atoms with Crippen LogP contribution in [0.4, 0.5) is 4.79 Å². The Balaban J connectivity index is 1.90. The van der Waals surface area contributed by atoms with Gasteiger partial charge in [0, 0.05) is 6.54 Å². The van der Waals surface area contributed by atoms with Crippen molar-refractivity contribution in [2.45, 2.75) is 33.4 Å². The van der Waals surface area contributed by atoms with Gasteiger partial charge in [0.2, 0.25) is 0 Å². The molecule has 0 fully saturated rings. The number of carbonyl (C=O) groups is 3. The fourth-order valence-electron chi connectivity index (χ4n) is 2.25. The molecule has 8 nitrogen and oxygen atoms in total. The Bertz CT molecular complexity index is 832. The second kappa shape index (κ2) is 9.13. The van der Waals surface area contributed by atoms with Crippen LogP contribution < -0.4 is 10.6 Å². The summed E-state index contributed by atoms with van der Waals surface area (Å²) in [6, 6.07) is 5.47. The van der Waals surface area contributed by atoms with Crippen LogP contribution in [0.5, 0.6) is 0 Å². The number of amides is 2. The van der Waals surface area contributed by atoms with E-state index >= 15 is 0 Å². The molecule has 0 aliphatic carbocycles. The Kier molecular flexibility index (Phi) is 6.89. The van der Waals surface area contributed by atoms with Crippen LogP contribution in [-0.4, -0.2) is 34.7 Å². The molecule has 0 radical (unpaired) electrons. The fourth-order valence-corrected chi connectivity index (χ4v) is 3.21. The van der Waals surface area contributed by atoms with Crippen molar-refractivity contribution >= 4 is 29.3 Å². The highest BCUT2D eigenvalue weighted by atomic mass is 32.1. The van der Waals surface area contributed by atoms with E-state index in [2.05, 4.69) is 15.6 Å². The molecule has 0 spiro atoms. The second-order valence-electron chi connectivity index (χ2n) is 5.74. The molecule has 1 aromatic carbocycles. The van der Waals surface area contributed by atoms with Crippen LogP contribution in [0, 0.1) is 6.92 Å². The van der Waals surface area contributed by atoms with Crippen LogP contribution in [0.25, 0.3) is 0 Å². The van der Waals surface area contributed by atoms with Gasteiger partial charge in [0.25, 0.3) is 0 Å². The topological polar surface area (TPSA) is 118 Å². The molecule has 0 saturated heterocycles. The Morgan fingerprint density at radius 3 is 2.52 bits per heavy atom. The molecule has 2 aromatic rings. The van der Waals surface area contributed by atoms with Crippen LogP contribution in [0.15, 0.2) is 24.3 Å². The van der Waals surface area contributed by atoms with Gasteiger partial charge < -0.3 is 20.5 Å². The number of aromatic carboxylic acids is 1. The van der Waals surface area contributed by atoms with Crippen molar-refractivity contribution in [2.24, 2.45) is 0 Å². The van der Waals surface area contributed by atoms with Crippen LogP contribution in [0.2, 0.25) is 0 Å². The molecule has 1 aromatic heterocycles. The molecule has 2 rings (SSSR count). The van der Waals surface area contributed by atoms with E-state index in [4.69, 9.17) is 9.84 Å². The zero-order valence-corrected chi connectivity index (χ0v) is 16.1. The van der Waals surface area contributed by atoms with Gasteiger partial charge in [-0.3, -0.25) is 0 Å². The number of nitrogens with one attached hydrogen (secondary N) is 2. The van der Waals surface area contributed by atoms with Crippen molar-refractivity contribution in [3.05, 3.63) is 51.0 Å². The number of aryl methyl sites for hydroxylation is 1. The molecule has 1 atom stereocenters. The average molecular weight is 391 g/mol. The van der Waals surface area contributed by atoms with Gasteiger partial charge in [-0.2, -0.15) is 0 Å². The summed E-state index contributed by atoms with van der Waals surface area (Å²) in [5, 5.41) is 14.9. The summed E-state index contributed by atoms with van der Waals surface area (Å²) in [7, 11) is 0. The number of rotatable bonds is 7. The molecule has 3 N–H and O–H groups in total. The number of hydrogen-bond acceptors (Lipinski definition) is 6. The number of urea groups is 1. The molecule has 9 heteroatoms. The quantitative estimate of drug-likeness (QED) is 0.625. The molecule has 27 heavy (non-hydrogen) atoms. The van der Waals surface area contributed by atoms with Gasteiger partial charge in [-0.1, -0.05) is 12.1 Å². The lowest BCUT2D eigenvalue weighted by atomic mass is 10.1. The summed E-state index contributed by atoms with van der Waals surface area (Å²) < 4.78 is 4.99. The molecular formula is C18H21N3O5S. The molecule has 1 heterocycles. The number of carboxylic acids is 1. The second-order valence-corrected chi connectivity index (χ2v) is 6.77. The molecule has 0 bridgehead atoms. The Morgan fingerprint density at radius 1 is 1.26 bits per heavy atom. The maximum absolute atomic E-state index is 12.1. The number of aromatic nitrogens is 1. The first-order valence-electron chi connectivity index (χ1n) is 8.32. The number of carbonyl (C=O) groups excluding carboxylic acids is 2. The summed E-state index contributed by atoms with van der Waals surface area (Å²) in [5.41, 5.74) is 1.53. The highest BCUT2D eigenvalue weighted by Crippen LogP contribution is 2.24. The maximum Gasteiger partial charge on any atom is 0.350 e. The lowest BCUT2D eigenvalue weighted by Crippen LogP contribution is -2.36. The Morgan fingerprint density at radius 2 is 1.93 bits per heavy atom. The summed E-state index contributed by atoms with van der Waals surface area (Å²) >= 11 is 1.19. The van der Waals surface area contributed by atoms with Gasteiger partial charge in [0.15, 0.2) is 0 Å². The normalized spacial score (nSPS) is 11.5. The highest BCUT2D eigenvalue weighted by molar-refractivity contribution is 7.13. The SMILES string of the molecule is CCOC(=O)c1sc(C(C)NC(=O)NCc2ccc(C(=O)O)cc2)nc1C. The van der Waals surface area contributed by atoms with E-state index < -0.39 is 18.0 Å². The minimum atomic E-state index is -0.998. The molecule has 2 amide bonds. The third-order valence-electron chi connectivity index (χ3n) is 3.65. The predicted octanol–water partition coefficient (Wildman–Crippen LogP) is 2.89. The molecule has 0 saturated carbocycles. The predicted molar refractivity (Wildman–Crippen MR) is 100.0 cm³/mol. The maximum atomic E-state index is 12.1. The van der Waals surface area contributed by atoms with Gasteiger partial charge in [-0.25, -0.2) is 19.4 Å². The smallest absolute Gasteiger partial charge is 0.350 e. The van der Waals surface area contributed by atoms with Crippen molar-refractivity contribution in [1.29, 1.82) is 0 Å². The van der Waals surface area contributed by atoms with E-state index in [0.717, 1.165) is 5.56 Å². The fraction of sp³-hybridized carbons (Fsp3) is 0.333. The minimum absolute atomic E-state index is 0.188. The Hall–Kier alpha value is -2.94. The Labute approximate surface area is 160 Å². The molecule has 0 aliphatic heterocycles. The number of carboxylic acid groups (broad SMARTS) is 1. The van der Waals surface area contributed by atoms with Gasteiger partial charge in [-0.05, 0) is 38.5 Å². The summed E-state index contributed by atoms with van der Waals surface area (Å²) in [6.07, 6.45) is 0. The van der Waals surface area contributed by atoms with Crippen molar-refractivity contribution < 1.29 is 24.2 Å². The van der Waals surface area contributed by atoms with E-state index in [0.29, 0.717) is 15.6 Å². The molecule has 0 aliphatic rings. The minimum Gasteiger partial charge on any atom is -0.478 e. The first-order chi connectivity index (χ1) is 12.8. The van der Waals surface area contributed by atoms with Gasteiger partial charge in [-0.15, -0.1) is 11.3 Å². The lowest BCUT2D eigenvalue weighted by Gasteiger charge is -2.12. The molecule has 144 valence electrons. The van der Waals surface area contributed by atoms with Crippen molar-refractivity contribution in [1.82, 2.24) is 15.6 Å². The number of ether oxygens (including phenoxy) is 1. The van der Waals surface area contributed by atoms with E-state index in [1.54, 1.807) is 32.9 Å². The monoisotopic (exact) mass is 391 g/mol. The first-order valence-corrected chi connectivity index (χ1v) is 9.14. The summed E-state index contributed by atoms with van der Waals surface area (Å²) in [5.74, 6) is -1.41.